The van der Waals surface area contributed by atoms with E-state index in [0.29, 0.717) is 37.7 Å². The minimum atomic E-state index is -4.62. The first kappa shape index (κ1) is 29.3. The molecule has 0 saturated carbocycles. The van der Waals surface area contributed by atoms with Crippen LogP contribution in [0.4, 0.5) is 24.8 Å². The van der Waals surface area contributed by atoms with Gasteiger partial charge in [0.1, 0.15) is 5.41 Å². The van der Waals surface area contributed by atoms with Crippen LogP contribution in [0.3, 0.4) is 0 Å². The van der Waals surface area contributed by atoms with E-state index in [0.717, 1.165) is 36.2 Å². The number of ketones is 1. The van der Waals surface area contributed by atoms with Crippen LogP contribution < -0.4 is 5.32 Å². The summed E-state index contributed by atoms with van der Waals surface area (Å²) in [5.41, 5.74) is 1.79. The molecule has 4 heterocycles. The first-order valence-corrected chi connectivity index (χ1v) is 13.4. The van der Waals surface area contributed by atoms with Crippen LogP contribution in [-0.2, 0) is 19.0 Å². The number of benzene rings is 1. The monoisotopic (exact) mass is 584 g/mol. The summed E-state index contributed by atoms with van der Waals surface area (Å²) in [4.78, 5) is 24.2. The van der Waals surface area contributed by atoms with Crippen LogP contribution in [0.15, 0.2) is 47.3 Å². The molecule has 14 heteroatoms. The number of aliphatic hydroxyl groups is 1. The van der Waals surface area contributed by atoms with Crippen molar-refractivity contribution in [3.05, 3.63) is 65.8 Å². The van der Waals surface area contributed by atoms with Gasteiger partial charge < -0.3 is 14.8 Å². The van der Waals surface area contributed by atoms with Crippen molar-refractivity contribution in [3.8, 4) is 11.3 Å². The lowest BCUT2D eigenvalue weighted by Gasteiger charge is -2.23. The van der Waals surface area contributed by atoms with Gasteiger partial charge in [-0.2, -0.15) is 18.3 Å². The molecule has 0 spiro atoms. The van der Waals surface area contributed by atoms with Crippen molar-refractivity contribution in [2.24, 2.45) is 7.05 Å². The average Bonchev–Trinajstić information content (AvgIpc) is 3.56. The highest BCUT2D eigenvalue weighted by atomic mass is 19.4. The van der Waals surface area contributed by atoms with Crippen LogP contribution in [-0.4, -0.2) is 71.6 Å². The van der Waals surface area contributed by atoms with E-state index in [1.54, 1.807) is 23.1 Å². The Morgan fingerprint density at radius 1 is 1.21 bits per heavy atom. The highest BCUT2D eigenvalue weighted by Gasteiger charge is 2.52. The second kappa shape index (κ2) is 11.6. The Labute approximate surface area is 239 Å². The highest BCUT2D eigenvalue weighted by molar-refractivity contribution is 5.92. The van der Waals surface area contributed by atoms with Crippen molar-refractivity contribution in [1.82, 2.24) is 34.8 Å². The minimum absolute atomic E-state index is 0.0138. The molecule has 0 amide bonds. The molecular weight excluding hydrogens is 553 g/mol. The van der Waals surface area contributed by atoms with E-state index in [1.807, 2.05) is 31.4 Å². The number of carbonyl (C=O) groups is 1. The van der Waals surface area contributed by atoms with Crippen molar-refractivity contribution in [2.75, 3.05) is 25.0 Å². The molecule has 5 rings (SSSR count). The Balaban J connectivity index is 1.40. The third-order valence-corrected chi connectivity index (χ3v) is 7.44. The maximum atomic E-state index is 13.4. The number of aliphatic hydroxyl groups excluding tert-OH is 1. The van der Waals surface area contributed by atoms with Gasteiger partial charge in [0.2, 0.25) is 17.6 Å². The molecule has 222 valence electrons. The minimum Gasteiger partial charge on any atom is -0.417 e. The number of alkyl halides is 3. The third kappa shape index (κ3) is 6.19. The first-order valence-electron chi connectivity index (χ1n) is 13.4. The summed E-state index contributed by atoms with van der Waals surface area (Å²) >= 11 is 0. The molecule has 1 aromatic carbocycles. The zero-order valence-electron chi connectivity index (χ0n) is 23.4. The molecule has 1 atom stereocenters. The fourth-order valence-corrected chi connectivity index (χ4v) is 4.87. The van der Waals surface area contributed by atoms with Gasteiger partial charge in [0, 0.05) is 44.5 Å². The quantitative estimate of drug-likeness (QED) is 0.273. The van der Waals surface area contributed by atoms with E-state index in [2.05, 4.69) is 35.5 Å². The molecule has 1 aliphatic rings. The number of hydrogen-bond acceptors (Lipinski definition) is 10. The predicted octanol–water partition coefficient (Wildman–Crippen LogP) is 4.40. The number of β-amino-alcohol motifs (C(OH)–C–C–N with tert-alkyl or cyclic N) is 1. The average molecular weight is 585 g/mol. The fraction of sp³-hybridized carbons (Fsp3) is 0.429. The van der Waals surface area contributed by atoms with Gasteiger partial charge in [0.25, 0.3) is 5.89 Å². The van der Waals surface area contributed by atoms with Crippen molar-refractivity contribution in [1.29, 1.82) is 0 Å². The van der Waals surface area contributed by atoms with Gasteiger partial charge in [0.05, 0.1) is 24.2 Å². The highest BCUT2D eigenvalue weighted by Crippen LogP contribution is 2.40. The molecule has 0 radical (unpaired) electrons. The van der Waals surface area contributed by atoms with E-state index in [-0.39, 0.29) is 18.9 Å². The maximum absolute atomic E-state index is 13.4. The number of hydrogen-bond donors (Lipinski definition) is 2. The van der Waals surface area contributed by atoms with Crippen LogP contribution >= 0.6 is 0 Å². The van der Waals surface area contributed by atoms with E-state index in [4.69, 9.17) is 4.42 Å². The molecule has 0 saturated heterocycles. The smallest absolute Gasteiger partial charge is 0.402 e. The number of aromatic nitrogens is 6. The Morgan fingerprint density at radius 2 is 2.02 bits per heavy atom. The second-order valence-electron chi connectivity index (χ2n) is 10.9. The van der Waals surface area contributed by atoms with Gasteiger partial charge >= 0.3 is 6.18 Å². The molecule has 42 heavy (non-hydrogen) atoms. The number of carbonyl (C=O) groups excluding carboxylic acids is 1. The fourth-order valence-electron chi connectivity index (χ4n) is 4.87. The van der Waals surface area contributed by atoms with Crippen molar-refractivity contribution in [3.63, 3.8) is 0 Å². The van der Waals surface area contributed by atoms with Gasteiger partial charge in [-0.25, -0.2) is 9.97 Å². The summed E-state index contributed by atoms with van der Waals surface area (Å²) in [6, 6.07) is 7.68. The van der Waals surface area contributed by atoms with Gasteiger partial charge in [-0.1, -0.05) is 12.1 Å². The number of nitrogens with zero attached hydrogens (tertiary/aromatic N) is 7. The zero-order valence-corrected chi connectivity index (χ0v) is 23.4. The van der Waals surface area contributed by atoms with Gasteiger partial charge in [-0.05, 0) is 56.0 Å². The number of Topliss-reactive ketones (excluding diaryl/α,β-unsaturated/α-hetero) is 1. The van der Waals surface area contributed by atoms with Gasteiger partial charge in [-0.3, -0.25) is 14.4 Å². The van der Waals surface area contributed by atoms with E-state index >= 15 is 0 Å². The molecule has 0 bridgehead atoms. The lowest BCUT2D eigenvalue weighted by atomic mass is 9.87. The topological polar surface area (TPSA) is 135 Å². The normalized spacial score (nSPS) is 16.2. The summed E-state index contributed by atoms with van der Waals surface area (Å²) in [6.45, 7) is 3.46. The summed E-state index contributed by atoms with van der Waals surface area (Å²) < 4.78 is 47.2. The van der Waals surface area contributed by atoms with Crippen molar-refractivity contribution < 1.29 is 27.5 Å². The number of nitrogens with one attached hydrogen (secondary N) is 1. The van der Waals surface area contributed by atoms with Crippen LogP contribution in [0.2, 0.25) is 0 Å². The Morgan fingerprint density at radius 3 is 2.74 bits per heavy atom. The standard InChI is InChI=1S/C28H31F3N8O3/c1-27(2,28(29,30)31)25-37-36-24(42-25)23(41)13-17-7-9-39(10-11-40)15-19-12-18(4-5-21(17)19)22-6-8-32-26(35-22)34-20-14-33-38(3)16-20/h4-6,8,12,14,16-17,40H,7,9-11,13,15H2,1-3H3,(H,32,34,35). The predicted molar refractivity (Wildman–Crippen MR) is 146 cm³/mol. The SMILES string of the molecule is Cn1cc(Nc2nccc(-c3ccc4c(c3)CN(CCO)CCC4CC(=O)c3nnc(C(C)(C)C(F)(F)F)o3)n2)cn1. The van der Waals surface area contributed by atoms with Crippen LogP contribution in [0.25, 0.3) is 11.3 Å². The molecule has 2 N–H and O–H groups in total. The summed E-state index contributed by atoms with van der Waals surface area (Å²) in [5, 5.41) is 24.0. The Hall–Kier alpha value is -4.17. The van der Waals surface area contributed by atoms with E-state index in [1.165, 1.54) is 0 Å². The molecule has 1 aliphatic heterocycles. The summed E-state index contributed by atoms with van der Waals surface area (Å²) in [7, 11) is 1.81. The molecule has 3 aromatic heterocycles. The van der Waals surface area contributed by atoms with Crippen LogP contribution in [0, 0.1) is 0 Å². The first-order chi connectivity index (χ1) is 19.9. The van der Waals surface area contributed by atoms with Crippen LogP contribution in [0.5, 0.6) is 0 Å². The zero-order chi connectivity index (χ0) is 30.1. The molecular formula is C28H31F3N8O3. The molecule has 4 aromatic rings. The lowest BCUT2D eigenvalue weighted by molar-refractivity contribution is -0.186. The number of halogens is 3. The van der Waals surface area contributed by atoms with E-state index in [9.17, 15) is 23.1 Å². The second-order valence-corrected chi connectivity index (χ2v) is 10.9. The largest absolute Gasteiger partial charge is 0.417 e. The summed E-state index contributed by atoms with van der Waals surface area (Å²) in [6.07, 6.45) is 1.10. The Bertz CT molecular complexity index is 1570. The van der Waals surface area contributed by atoms with Crippen LogP contribution in [0.1, 0.15) is 60.3 Å². The summed E-state index contributed by atoms with van der Waals surface area (Å²) in [5.74, 6) is -1.45. The number of rotatable bonds is 9. The third-order valence-electron chi connectivity index (χ3n) is 7.44. The molecule has 0 aliphatic carbocycles. The number of anilines is 2. The van der Waals surface area contributed by atoms with Gasteiger partial charge in [0.15, 0.2) is 0 Å². The number of aryl methyl sites for hydroxylation is 1. The maximum Gasteiger partial charge on any atom is 0.402 e. The van der Waals surface area contributed by atoms with Crippen molar-refractivity contribution >= 4 is 17.4 Å². The Kier molecular flexibility index (Phi) is 8.10. The number of fused-ring (bicyclic) bond motifs is 1. The lowest BCUT2D eigenvalue weighted by Crippen LogP contribution is -2.36. The van der Waals surface area contributed by atoms with Gasteiger partial charge in [-0.15, -0.1) is 10.2 Å². The van der Waals surface area contributed by atoms with E-state index < -0.39 is 29.2 Å². The molecule has 11 nitrogen and oxygen atoms in total. The molecule has 0 fully saturated rings. The van der Waals surface area contributed by atoms with Crippen molar-refractivity contribution in [2.45, 2.75) is 50.7 Å². The molecule has 1 unspecified atom stereocenters.